The van der Waals surface area contributed by atoms with Crippen molar-refractivity contribution in [2.75, 3.05) is 11.8 Å². The first-order valence-electron chi connectivity index (χ1n) is 9.21. The SMILES string of the molecule is COC(=O)c1ccc2sc(Sc3c(Cl)cc(NS(=O)(=O)c4ccc(Cl)cc4Cl)cc3Cl)nc2c1. The zero-order valence-electron chi connectivity index (χ0n) is 16.9. The number of aromatic nitrogens is 1. The molecule has 176 valence electrons. The molecule has 0 radical (unpaired) electrons. The first kappa shape index (κ1) is 25.4. The summed E-state index contributed by atoms with van der Waals surface area (Å²) in [6.07, 6.45) is 0. The lowest BCUT2D eigenvalue weighted by Crippen LogP contribution is -2.13. The van der Waals surface area contributed by atoms with Crippen molar-refractivity contribution in [2.45, 2.75) is 14.1 Å². The highest BCUT2D eigenvalue weighted by Gasteiger charge is 2.20. The third-order valence-electron chi connectivity index (χ3n) is 4.41. The second-order valence-corrected chi connectivity index (χ2v) is 12.3. The molecule has 3 aromatic carbocycles. The molecule has 34 heavy (non-hydrogen) atoms. The van der Waals surface area contributed by atoms with Crippen molar-refractivity contribution in [1.82, 2.24) is 4.98 Å². The van der Waals surface area contributed by atoms with Crippen molar-refractivity contribution >= 4 is 101 Å². The standard InChI is InChI=1S/C21H12Cl4N2O4S3/c1-31-20(28)10-2-4-17-16(6-10)26-21(32-17)33-19-14(24)8-12(9-15(19)25)27-34(29,30)18-5-3-11(22)7-13(18)23/h2-9,27H,1H3. The fourth-order valence-electron chi connectivity index (χ4n) is 2.90. The number of thiazole rings is 1. The van der Waals surface area contributed by atoms with Gasteiger partial charge in [-0.2, -0.15) is 0 Å². The van der Waals surface area contributed by atoms with Crippen LogP contribution in [0.5, 0.6) is 0 Å². The van der Waals surface area contributed by atoms with E-state index in [0.717, 1.165) is 4.70 Å². The number of hydrogen-bond acceptors (Lipinski definition) is 7. The third-order valence-corrected chi connectivity index (χ3v) is 9.57. The summed E-state index contributed by atoms with van der Waals surface area (Å²) in [5.74, 6) is -0.451. The number of methoxy groups -OCH3 is 1. The Morgan fingerprint density at radius 1 is 1.00 bits per heavy atom. The normalized spacial score (nSPS) is 11.6. The van der Waals surface area contributed by atoms with Crippen molar-refractivity contribution in [3.63, 3.8) is 0 Å². The molecule has 0 amide bonds. The molecule has 1 N–H and O–H groups in total. The van der Waals surface area contributed by atoms with Crippen LogP contribution < -0.4 is 4.72 Å². The molecule has 6 nitrogen and oxygen atoms in total. The molecular weight excluding hydrogens is 582 g/mol. The monoisotopic (exact) mass is 592 g/mol. The molecule has 4 rings (SSSR count). The van der Waals surface area contributed by atoms with Gasteiger partial charge in [-0.1, -0.05) is 58.2 Å². The van der Waals surface area contributed by atoms with Gasteiger partial charge in [-0.05, 0) is 48.5 Å². The summed E-state index contributed by atoms with van der Waals surface area (Å²) in [5.41, 5.74) is 1.19. The number of rotatable bonds is 6. The molecule has 4 aromatic rings. The van der Waals surface area contributed by atoms with Crippen LogP contribution in [0.25, 0.3) is 10.2 Å². The van der Waals surface area contributed by atoms with Crippen LogP contribution in [0.15, 0.2) is 62.7 Å². The summed E-state index contributed by atoms with van der Waals surface area (Å²) in [7, 11) is -2.70. The number of anilines is 1. The van der Waals surface area contributed by atoms with Crippen molar-refractivity contribution in [1.29, 1.82) is 0 Å². The van der Waals surface area contributed by atoms with Crippen LogP contribution in [0.4, 0.5) is 5.69 Å². The molecule has 0 saturated carbocycles. The maximum Gasteiger partial charge on any atom is 0.337 e. The van der Waals surface area contributed by atoms with Crippen molar-refractivity contribution in [2.24, 2.45) is 0 Å². The number of ether oxygens (including phenoxy) is 1. The topological polar surface area (TPSA) is 85.4 Å². The van der Waals surface area contributed by atoms with E-state index in [9.17, 15) is 13.2 Å². The summed E-state index contributed by atoms with van der Waals surface area (Å²) in [6, 6.07) is 12.0. The highest BCUT2D eigenvalue weighted by Crippen LogP contribution is 2.43. The number of carbonyl (C=O) groups excluding carboxylic acids is 1. The van der Waals surface area contributed by atoms with Gasteiger partial charge < -0.3 is 4.74 Å². The fraction of sp³-hybridized carbons (Fsp3) is 0.0476. The Morgan fingerprint density at radius 3 is 2.35 bits per heavy atom. The predicted molar refractivity (Wildman–Crippen MR) is 139 cm³/mol. The summed E-state index contributed by atoms with van der Waals surface area (Å²) in [6.45, 7) is 0. The lowest BCUT2D eigenvalue weighted by atomic mass is 10.2. The van der Waals surface area contributed by atoms with Crippen LogP contribution >= 0.6 is 69.5 Å². The zero-order chi connectivity index (χ0) is 24.6. The minimum atomic E-state index is -4.01. The van der Waals surface area contributed by atoms with Gasteiger partial charge in [0.2, 0.25) is 0 Å². The van der Waals surface area contributed by atoms with Crippen LogP contribution in [0.1, 0.15) is 10.4 Å². The minimum Gasteiger partial charge on any atom is -0.465 e. The van der Waals surface area contributed by atoms with Gasteiger partial charge in [-0.25, -0.2) is 18.2 Å². The van der Waals surface area contributed by atoms with Gasteiger partial charge in [0.15, 0.2) is 4.34 Å². The number of halogens is 4. The number of carbonyl (C=O) groups is 1. The number of nitrogens with one attached hydrogen (secondary N) is 1. The molecule has 0 atom stereocenters. The van der Waals surface area contributed by atoms with E-state index < -0.39 is 16.0 Å². The van der Waals surface area contributed by atoms with Crippen LogP contribution in [0.2, 0.25) is 20.1 Å². The molecule has 1 aromatic heterocycles. The lowest BCUT2D eigenvalue weighted by molar-refractivity contribution is 0.0601. The number of hydrogen-bond donors (Lipinski definition) is 1. The lowest BCUT2D eigenvalue weighted by Gasteiger charge is -2.12. The molecule has 0 fully saturated rings. The highest BCUT2D eigenvalue weighted by atomic mass is 35.5. The maximum atomic E-state index is 12.8. The number of esters is 1. The van der Waals surface area contributed by atoms with Crippen LogP contribution in [0, 0.1) is 0 Å². The first-order chi connectivity index (χ1) is 16.1. The van der Waals surface area contributed by atoms with Gasteiger partial charge in [0.1, 0.15) is 4.90 Å². The van der Waals surface area contributed by atoms with E-state index in [1.165, 1.54) is 60.5 Å². The van der Waals surface area contributed by atoms with Gasteiger partial charge in [0, 0.05) is 5.02 Å². The van der Waals surface area contributed by atoms with E-state index in [2.05, 4.69) is 9.71 Å². The largest absolute Gasteiger partial charge is 0.465 e. The van der Waals surface area contributed by atoms with Crippen LogP contribution in [0.3, 0.4) is 0 Å². The molecule has 0 aliphatic carbocycles. The van der Waals surface area contributed by atoms with Crippen molar-refractivity contribution in [3.05, 3.63) is 74.2 Å². The quantitative estimate of drug-likeness (QED) is 0.231. The molecule has 0 spiro atoms. The zero-order valence-corrected chi connectivity index (χ0v) is 22.4. The Kier molecular flexibility index (Phi) is 7.54. The van der Waals surface area contributed by atoms with Gasteiger partial charge in [-0.15, -0.1) is 11.3 Å². The van der Waals surface area contributed by atoms with Gasteiger partial charge >= 0.3 is 5.97 Å². The number of sulfonamides is 1. The summed E-state index contributed by atoms with van der Waals surface area (Å²) >= 11 is 27.4. The highest BCUT2D eigenvalue weighted by molar-refractivity contribution is 8.01. The second-order valence-electron chi connectivity index (χ2n) is 6.71. The molecule has 0 saturated heterocycles. The van der Waals surface area contributed by atoms with Crippen molar-refractivity contribution in [3.8, 4) is 0 Å². The molecular formula is C21H12Cl4N2O4S3. The maximum absolute atomic E-state index is 12.8. The van der Waals surface area contributed by atoms with Gasteiger partial charge in [-0.3, -0.25) is 4.72 Å². The third kappa shape index (κ3) is 5.41. The van der Waals surface area contributed by atoms with E-state index in [0.29, 0.717) is 25.3 Å². The Bertz CT molecular complexity index is 1520. The van der Waals surface area contributed by atoms with E-state index >= 15 is 0 Å². The number of nitrogens with zero attached hydrogens (tertiary/aromatic N) is 1. The van der Waals surface area contributed by atoms with Crippen LogP contribution in [-0.4, -0.2) is 26.5 Å². The average Bonchev–Trinajstić information content (AvgIpc) is 3.17. The van der Waals surface area contributed by atoms with E-state index in [4.69, 9.17) is 51.1 Å². The molecule has 0 bridgehead atoms. The minimum absolute atomic E-state index is 0.0180. The summed E-state index contributed by atoms with van der Waals surface area (Å²) in [5, 5.41) is 0.752. The summed E-state index contributed by atoms with van der Waals surface area (Å²) in [4.78, 5) is 16.6. The predicted octanol–water partition coefficient (Wildman–Crippen LogP) is 7.65. The second kappa shape index (κ2) is 10.1. The van der Waals surface area contributed by atoms with E-state index in [1.54, 1.807) is 18.2 Å². The molecule has 13 heteroatoms. The Hall–Kier alpha value is -1.72. The van der Waals surface area contributed by atoms with Crippen molar-refractivity contribution < 1.29 is 17.9 Å². The van der Waals surface area contributed by atoms with Gasteiger partial charge in [0.25, 0.3) is 10.0 Å². The molecule has 0 aliphatic rings. The average molecular weight is 594 g/mol. The molecule has 1 heterocycles. The van der Waals surface area contributed by atoms with E-state index in [1.807, 2.05) is 0 Å². The van der Waals surface area contributed by atoms with Gasteiger partial charge in [0.05, 0.1) is 48.5 Å². The van der Waals surface area contributed by atoms with Crippen LogP contribution in [-0.2, 0) is 14.8 Å². The number of fused-ring (bicyclic) bond motifs is 1. The Balaban J connectivity index is 1.60. The first-order valence-corrected chi connectivity index (χ1v) is 13.8. The Morgan fingerprint density at radius 2 is 1.71 bits per heavy atom. The smallest absolute Gasteiger partial charge is 0.337 e. The van der Waals surface area contributed by atoms with E-state index in [-0.39, 0.29) is 25.7 Å². The number of benzene rings is 3. The summed E-state index contributed by atoms with van der Waals surface area (Å²) < 4.78 is 34.2. The molecule has 0 aliphatic heterocycles. The molecule has 0 unspecified atom stereocenters. The fourth-order valence-corrected chi connectivity index (χ4v) is 7.43. The Labute approximate surface area is 223 Å².